The Hall–Kier alpha value is -3.59. The van der Waals surface area contributed by atoms with Crippen LogP contribution in [0.5, 0.6) is 5.75 Å². The summed E-state index contributed by atoms with van der Waals surface area (Å²) in [5, 5.41) is 4.91. The number of hydrogen-bond donors (Lipinski definition) is 2. The lowest BCUT2D eigenvalue weighted by atomic mass is 10.1. The molecule has 0 saturated heterocycles. The Labute approximate surface area is 197 Å². The molecule has 3 aromatic rings. The third kappa shape index (κ3) is 6.05. The quantitative estimate of drug-likeness (QED) is 0.386. The SMILES string of the molecule is Cc1cc(Cl)ccc1OC(C)C(=O)Nc1ccc(NC(=O)c2ccccc2F)cc1C(F)(F)F. The lowest BCUT2D eigenvalue weighted by Crippen LogP contribution is -2.31. The Morgan fingerprint density at radius 1 is 1.00 bits per heavy atom. The highest BCUT2D eigenvalue weighted by Crippen LogP contribution is 2.37. The number of anilines is 2. The maximum Gasteiger partial charge on any atom is 0.418 e. The van der Waals surface area contributed by atoms with Crippen LogP contribution in [0.15, 0.2) is 60.7 Å². The first-order valence-corrected chi connectivity index (χ1v) is 10.3. The molecular formula is C24H19ClF4N2O3. The van der Waals surface area contributed by atoms with E-state index in [-0.39, 0.29) is 11.3 Å². The highest BCUT2D eigenvalue weighted by Gasteiger charge is 2.35. The van der Waals surface area contributed by atoms with Crippen molar-refractivity contribution in [1.29, 1.82) is 0 Å². The van der Waals surface area contributed by atoms with Crippen LogP contribution in [0, 0.1) is 12.7 Å². The number of carbonyl (C=O) groups is 2. The lowest BCUT2D eigenvalue weighted by molar-refractivity contribution is -0.137. The van der Waals surface area contributed by atoms with Crippen molar-refractivity contribution in [2.24, 2.45) is 0 Å². The fourth-order valence-corrected chi connectivity index (χ4v) is 3.26. The summed E-state index contributed by atoms with van der Waals surface area (Å²) in [6.07, 6.45) is -5.97. The molecule has 1 unspecified atom stereocenters. The van der Waals surface area contributed by atoms with Gasteiger partial charge in [-0.2, -0.15) is 13.2 Å². The highest BCUT2D eigenvalue weighted by molar-refractivity contribution is 6.30. The van der Waals surface area contributed by atoms with Gasteiger partial charge in [-0.1, -0.05) is 23.7 Å². The molecule has 5 nitrogen and oxygen atoms in total. The van der Waals surface area contributed by atoms with Crippen LogP contribution < -0.4 is 15.4 Å². The van der Waals surface area contributed by atoms with Gasteiger partial charge >= 0.3 is 6.18 Å². The van der Waals surface area contributed by atoms with E-state index in [0.29, 0.717) is 22.4 Å². The Morgan fingerprint density at radius 3 is 2.35 bits per heavy atom. The van der Waals surface area contributed by atoms with Crippen LogP contribution >= 0.6 is 11.6 Å². The molecule has 0 radical (unpaired) electrons. The van der Waals surface area contributed by atoms with Gasteiger partial charge in [0.25, 0.3) is 11.8 Å². The maximum atomic E-state index is 13.8. The number of alkyl halides is 3. The van der Waals surface area contributed by atoms with Crippen molar-refractivity contribution >= 4 is 34.8 Å². The van der Waals surface area contributed by atoms with Gasteiger partial charge < -0.3 is 15.4 Å². The van der Waals surface area contributed by atoms with Crippen molar-refractivity contribution in [1.82, 2.24) is 0 Å². The zero-order valence-electron chi connectivity index (χ0n) is 18.0. The molecule has 0 aliphatic heterocycles. The molecule has 2 N–H and O–H groups in total. The van der Waals surface area contributed by atoms with Gasteiger partial charge in [-0.3, -0.25) is 9.59 Å². The van der Waals surface area contributed by atoms with Gasteiger partial charge in [0.2, 0.25) is 0 Å². The molecule has 0 aliphatic rings. The minimum Gasteiger partial charge on any atom is -0.481 e. The summed E-state index contributed by atoms with van der Waals surface area (Å²) in [5.74, 6) is -2.19. The molecule has 3 aromatic carbocycles. The molecule has 0 heterocycles. The van der Waals surface area contributed by atoms with Crippen molar-refractivity contribution in [3.8, 4) is 5.75 Å². The van der Waals surface area contributed by atoms with E-state index < -0.39 is 41.2 Å². The zero-order chi connectivity index (χ0) is 25.0. The van der Waals surface area contributed by atoms with E-state index >= 15 is 0 Å². The summed E-state index contributed by atoms with van der Waals surface area (Å²) >= 11 is 5.88. The molecule has 0 aromatic heterocycles. The Balaban J connectivity index is 1.79. The van der Waals surface area contributed by atoms with E-state index in [1.807, 2.05) is 0 Å². The summed E-state index contributed by atoms with van der Waals surface area (Å²) < 4.78 is 60.4. The van der Waals surface area contributed by atoms with Gasteiger partial charge in [0.15, 0.2) is 6.10 Å². The van der Waals surface area contributed by atoms with E-state index in [4.69, 9.17) is 16.3 Å². The molecule has 10 heteroatoms. The average Bonchev–Trinajstić information content (AvgIpc) is 2.76. The van der Waals surface area contributed by atoms with E-state index in [2.05, 4.69) is 10.6 Å². The second-order valence-electron chi connectivity index (χ2n) is 7.35. The van der Waals surface area contributed by atoms with Gasteiger partial charge in [-0.25, -0.2) is 4.39 Å². The summed E-state index contributed by atoms with van der Waals surface area (Å²) in [5.41, 5.74) is -1.61. The molecule has 0 fully saturated rings. The Kier molecular flexibility index (Phi) is 7.46. The van der Waals surface area contributed by atoms with Crippen molar-refractivity contribution < 1.29 is 31.9 Å². The molecule has 178 valence electrons. The van der Waals surface area contributed by atoms with E-state index in [1.54, 1.807) is 25.1 Å². The molecule has 0 bridgehead atoms. The maximum absolute atomic E-state index is 13.8. The van der Waals surface area contributed by atoms with Crippen LogP contribution in [-0.2, 0) is 11.0 Å². The standard InChI is InChI=1S/C24H19ClF4N2O3/c1-13-11-15(25)7-10-21(13)34-14(2)22(32)31-20-9-8-16(12-18(20)24(27,28)29)30-23(33)17-5-3-4-6-19(17)26/h3-12,14H,1-2H3,(H,30,33)(H,31,32). The van der Waals surface area contributed by atoms with Gasteiger partial charge in [0.1, 0.15) is 11.6 Å². The van der Waals surface area contributed by atoms with Crippen molar-refractivity contribution in [2.75, 3.05) is 10.6 Å². The van der Waals surface area contributed by atoms with E-state index in [9.17, 15) is 27.2 Å². The van der Waals surface area contributed by atoms with Crippen LogP contribution in [-0.4, -0.2) is 17.9 Å². The van der Waals surface area contributed by atoms with Crippen LogP contribution in [0.25, 0.3) is 0 Å². The second-order valence-corrected chi connectivity index (χ2v) is 7.79. The molecule has 0 aliphatic carbocycles. The van der Waals surface area contributed by atoms with Gasteiger partial charge in [-0.15, -0.1) is 0 Å². The average molecular weight is 495 g/mol. The molecule has 1 atom stereocenters. The largest absolute Gasteiger partial charge is 0.481 e. The van der Waals surface area contributed by atoms with E-state index in [1.165, 1.54) is 31.2 Å². The topological polar surface area (TPSA) is 67.4 Å². The number of benzene rings is 3. The van der Waals surface area contributed by atoms with Crippen LogP contribution in [0.4, 0.5) is 28.9 Å². The first kappa shape index (κ1) is 25.0. The summed E-state index contributed by atoms with van der Waals surface area (Å²) in [6, 6.07) is 12.6. The molecular weight excluding hydrogens is 476 g/mol. The number of carbonyl (C=O) groups excluding carboxylic acids is 2. The molecule has 3 rings (SSSR count). The Bertz CT molecular complexity index is 1230. The smallest absolute Gasteiger partial charge is 0.418 e. The Morgan fingerprint density at radius 2 is 1.71 bits per heavy atom. The first-order valence-electron chi connectivity index (χ1n) is 9.96. The van der Waals surface area contributed by atoms with Gasteiger partial charge in [0, 0.05) is 10.7 Å². The van der Waals surface area contributed by atoms with Crippen LogP contribution in [0.2, 0.25) is 5.02 Å². The number of halogens is 5. The van der Waals surface area contributed by atoms with Gasteiger partial charge in [-0.05, 0) is 67.9 Å². The lowest BCUT2D eigenvalue weighted by Gasteiger charge is -2.19. The number of amides is 2. The molecule has 0 saturated carbocycles. The number of ether oxygens (including phenoxy) is 1. The van der Waals surface area contributed by atoms with Crippen LogP contribution in [0.3, 0.4) is 0 Å². The molecule has 2 amide bonds. The predicted octanol–water partition coefficient (Wildman–Crippen LogP) is 6.46. The number of nitrogens with one attached hydrogen (secondary N) is 2. The number of hydrogen-bond acceptors (Lipinski definition) is 3. The minimum atomic E-state index is -4.85. The highest BCUT2D eigenvalue weighted by atomic mass is 35.5. The number of rotatable bonds is 6. The summed E-state index contributed by atoms with van der Waals surface area (Å²) in [6.45, 7) is 3.10. The zero-order valence-corrected chi connectivity index (χ0v) is 18.7. The first-order chi connectivity index (χ1) is 16.0. The van der Waals surface area contributed by atoms with Gasteiger partial charge in [0.05, 0.1) is 16.8 Å². The monoisotopic (exact) mass is 494 g/mol. The number of aryl methyl sites for hydroxylation is 1. The van der Waals surface area contributed by atoms with E-state index in [0.717, 1.165) is 12.1 Å². The van der Waals surface area contributed by atoms with Crippen LogP contribution in [0.1, 0.15) is 28.4 Å². The third-order valence-electron chi connectivity index (χ3n) is 4.77. The molecule has 0 spiro atoms. The fraction of sp³-hybridized carbons (Fsp3) is 0.167. The third-order valence-corrected chi connectivity index (χ3v) is 5.00. The van der Waals surface area contributed by atoms with Crippen molar-refractivity contribution in [3.63, 3.8) is 0 Å². The predicted molar refractivity (Wildman–Crippen MR) is 121 cm³/mol. The second kappa shape index (κ2) is 10.1. The van der Waals surface area contributed by atoms with Crippen molar-refractivity contribution in [3.05, 3.63) is 88.2 Å². The fourth-order valence-electron chi connectivity index (χ4n) is 3.03. The molecule has 34 heavy (non-hydrogen) atoms. The van der Waals surface area contributed by atoms with Crippen molar-refractivity contribution in [2.45, 2.75) is 26.1 Å². The summed E-state index contributed by atoms with van der Waals surface area (Å²) in [4.78, 5) is 24.8. The summed E-state index contributed by atoms with van der Waals surface area (Å²) in [7, 11) is 0. The minimum absolute atomic E-state index is 0.223. The normalized spacial score (nSPS) is 12.1.